The summed E-state index contributed by atoms with van der Waals surface area (Å²) in [5.41, 5.74) is 0.374. The van der Waals surface area contributed by atoms with Crippen molar-refractivity contribution in [2.75, 3.05) is 0 Å². The summed E-state index contributed by atoms with van der Waals surface area (Å²) in [4.78, 5) is 15.8. The number of hydrogen-bond donors (Lipinski definition) is 1. The fourth-order valence-electron chi connectivity index (χ4n) is 1.45. The maximum absolute atomic E-state index is 11.9. The van der Waals surface area contributed by atoms with E-state index in [-0.39, 0.29) is 18.0 Å². The average molecular weight is 249 g/mol. The quantitative estimate of drug-likeness (QED) is 0.883. The summed E-state index contributed by atoms with van der Waals surface area (Å²) in [7, 11) is 0. The molecule has 0 aliphatic carbocycles. The molecule has 7 nitrogen and oxygen atoms in total. The molecule has 1 atom stereocenters. The normalized spacial score (nSPS) is 12.7. The average Bonchev–Trinajstić information content (AvgIpc) is 3.00. The Morgan fingerprint density at radius 1 is 1.44 bits per heavy atom. The van der Waals surface area contributed by atoms with E-state index in [4.69, 9.17) is 0 Å². The standard InChI is InChI=1S/C11H15N5O2/c1-7(2)16-5-4-9(14-16)11(17)13-8(3)10-12-6-18-15-10/h4-8H,1-3H3,(H,13,17). The largest absolute Gasteiger partial charge is 0.343 e. The molecule has 0 saturated carbocycles. The highest BCUT2D eigenvalue weighted by Gasteiger charge is 2.16. The van der Waals surface area contributed by atoms with Gasteiger partial charge in [0.05, 0.1) is 6.04 Å². The summed E-state index contributed by atoms with van der Waals surface area (Å²) in [5.74, 6) is 0.179. The van der Waals surface area contributed by atoms with Crippen molar-refractivity contribution in [2.45, 2.75) is 32.9 Å². The van der Waals surface area contributed by atoms with Crippen molar-refractivity contribution in [3.05, 3.63) is 30.2 Å². The zero-order chi connectivity index (χ0) is 13.1. The van der Waals surface area contributed by atoms with Crippen LogP contribution < -0.4 is 5.32 Å². The van der Waals surface area contributed by atoms with Crippen LogP contribution in [-0.4, -0.2) is 25.8 Å². The topological polar surface area (TPSA) is 85.8 Å². The second-order valence-corrected chi connectivity index (χ2v) is 4.26. The monoisotopic (exact) mass is 249 g/mol. The molecule has 2 rings (SSSR count). The van der Waals surface area contributed by atoms with E-state index in [1.54, 1.807) is 23.9 Å². The fourth-order valence-corrected chi connectivity index (χ4v) is 1.45. The van der Waals surface area contributed by atoms with Crippen LogP contribution in [0, 0.1) is 0 Å². The minimum absolute atomic E-state index is 0.223. The lowest BCUT2D eigenvalue weighted by Crippen LogP contribution is -2.27. The first kappa shape index (κ1) is 12.3. The molecule has 2 heterocycles. The van der Waals surface area contributed by atoms with E-state index in [2.05, 4.69) is 25.1 Å². The van der Waals surface area contributed by atoms with Crippen molar-refractivity contribution >= 4 is 5.91 Å². The lowest BCUT2D eigenvalue weighted by Gasteiger charge is -2.08. The van der Waals surface area contributed by atoms with Crippen molar-refractivity contribution < 1.29 is 9.32 Å². The first-order valence-electron chi connectivity index (χ1n) is 5.70. The van der Waals surface area contributed by atoms with E-state index < -0.39 is 0 Å². The molecule has 0 aliphatic heterocycles. The Bertz CT molecular complexity index is 517. The van der Waals surface area contributed by atoms with Crippen LogP contribution in [0.4, 0.5) is 0 Å². The predicted molar refractivity (Wildman–Crippen MR) is 62.8 cm³/mol. The number of carbonyl (C=O) groups excluding carboxylic acids is 1. The summed E-state index contributed by atoms with van der Waals surface area (Å²) >= 11 is 0. The molecule has 0 bridgehead atoms. The van der Waals surface area contributed by atoms with Crippen LogP contribution in [0.15, 0.2) is 23.2 Å². The van der Waals surface area contributed by atoms with Crippen molar-refractivity contribution in [3.8, 4) is 0 Å². The van der Waals surface area contributed by atoms with E-state index in [9.17, 15) is 4.79 Å². The van der Waals surface area contributed by atoms with Gasteiger partial charge in [-0.2, -0.15) is 10.1 Å². The molecule has 96 valence electrons. The van der Waals surface area contributed by atoms with Crippen molar-refractivity contribution in [3.63, 3.8) is 0 Å². The van der Waals surface area contributed by atoms with Gasteiger partial charge in [-0.1, -0.05) is 5.16 Å². The predicted octanol–water partition coefficient (Wildman–Crippen LogP) is 1.34. The molecule has 0 radical (unpaired) electrons. The highest BCUT2D eigenvalue weighted by molar-refractivity contribution is 5.92. The maximum Gasteiger partial charge on any atom is 0.272 e. The van der Waals surface area contributed by atoms with Gasteiger partial charge in [0.25, 0.3) is 5.91 Å². The van der Waals surface area contributed by atoms with Gasteiger partial charge in [0, 0.05) is 12.2 Å². The number of amides is 1. The van der Waals surface area contributed by atoms with Gasteiger partial charge in [0.1, 0.15) is 5.69 Å². The Balaban J connectivity index is 2.03. The van der Waals surface area contributed by atoms with E-state index in [1.807, 2.05) is 13.8 Å². The van der Waals surface area contributed by atoms with E-state index >= 15 is 0 Å². The maximum atomic E-state index is 11.9. The van der Waals surface area contributed by atoms with E-state index in [0.717, 1.165) is 0 Å². The van der Waals surface area contributed by atoms with Crippen LogP contribution in [0.25, 0.3) is 0 Å². The number of hydrogen-bond acceptors (Lipinski definition) is 5. The molecule has 1 N–H and O–H groups in total. The molecule has 1 unspecified atom stereocenters. The van der Waals surface area contributed by atoms with Gasteiger partial charge in [-0.15, -0.1) is 0 Å². The van der Waals surface area contributed by atoms with Crippen LogP contribution >= 0.6 is 0 Å². The second-order valence-electron chi connectivity index (χ2n) is 4.26. The van der Waals surface area contributed by atoms with Crippen LogP contribution in [0.3, 0.4) is 0 Å². The molecule has 7 heteroatoms. The summed E-state index contributed by atoms with van der Waals surface area (Å²) in [6.45, 7) is 5.77. The number of rotatable bonds is 4. The molecule has 0 saturated heterocycles. The number of nitrogens with one attached hydrogen (secondary N) is 1. The fraction of sp³-hybridized carbons (Fsp3) is 0.455. The Morgan fingerprint density at radius 2 is 2.22 bits per heavy atom. The van der Waals surface area contributed by atoms with Gasteiger partial charge in [-0.05, 0) is 26.8 Å². The number of nitrogens with zero attached hydrogens (tertiary/aromatic N) is 4. The summed E-state index contributed by atoms with van der Waals surface area (Å²) < 4.78 is 6.36. The molecule has 2 aromatic rings. The van der Waals surface area contributed by atoms with Gasteiger partial charge in [0.2, 0.25) is 6.39 Å². The number of carbonyl (C=O) groups is 1. The molecular formula is C11H15N5O2. The van der Waals surface area contributed by atoms with Crippen molar-refractivity contribution in [1.82, 2.24) is 25.2 Å². The third-order valence-electron chi connectivity index (χ3n) is 2.48. The van der Waals surface area contributed by atoms with Crippen molar-refractivity contribution in [2.24, 2.45) is 0 Å². The first-order valence-corrected chi connectivity index (χ1v) is 5.70. The summed E-state index contributed by atoms with van der Waals surface area (Å²) in [5, 5.41) is 10.6. The highest BCUT2D eigenvalue weighted by atomic mass is 16.5. The first-order chi connectivity index (χ1) is 8.58. The highest BCUT2D eigenvalue weighted by Crippen LogP contribution is 2.08. The Hall–Kier alpha value is -2.18. The zero-order valence-corrected chi connectivity index (χ0v) is 10.5. The molecule has 0 spiro atoms. The summed E-state index contributed by atoms with van der Waals surface area (Å²) in [6, 6.07) is 1.58. The molecule has 0 aliphatic rings. The smallest absolute Gasteiger partial charge is 0.272 e. The minimum atomic E-state index is -0.319. The Kier molecular flexibility index (Phi) is 3.40. The van der Waals surface area contributed by atoms with Gasteiger partial charge < -0.3 is 9.84 Å². The Labute approximate surface area is 104 Å². The van der Waals surface area contributed by atoms with Gasteiger partial charge >= 0.3 is 0 Å². The van der Waals surface area contributed by atoms with Gasteiger partial charge in [0.15, 0.2) is 5.82 Å². The zero-order valence-electron chi connectivity index (χ0n) is 10.5. The number of aromatic nitrogens is 4. The molecule has 2 aromatic heterocycles. The lowest BCUT2D eigenvalue weighted by atomic mass is 10.3. The summed E-state index contributed by atoms with van der Waals surface area (Å²) in [6.07, 6.45) is 3.00. The van der Waals surface area contributed by atoms with Crippen LogP contribution in [0.2, 0.25) is 0 Å². The van der Waals surface area contributed by atoms with E-state index in [0.29, 0.717) is 11.5 Å². The molecule has 18 heavy (non-hydrogen) atoms. The van der Waals surface area contributed by atoms with E-state index in [1.165, 1.54) is 6.39 Å². The van der Waals surface area contributed by atoms with Gasteiger partial charge in [-0.3, -0.25) is 9.48 Å². The van der Waals surface area contributed by atoms with Crippen molar-refractivity contribution in [1.29, 1.82) is 0 Å². The lowest BCUT2D eigenvalue weighted by molar-refractivity contribution is 0.0932. The van der Waals surface area contributed by atoms with Gasteiger partial charge in [-0.25, -0.2) is 0 Å². The van der Waals surface area contributed by atoms with Crippen LogP contribution in [0.1, 0.15) is 49.2 Å². The third-order valence-corrected chi connectivity index (χ3v) is 2.48. The molecular weight excluding hydrogens is 234 g/mol. The minimum Gasteiger partial charge on any atom is -0.343 e. The Morgan fingerprint density at radius 3 is 2.78 bits per heavy atom. The molecule has 0 aromatic carbocycles. The SMILES string of the molecule is CC(NC(=O)c1ccn(C(C)C)n1)c1ncon1. The molecule has 0 fully saturated rings. The second kappa shape index (κ2) is 4.99. The van der Waals surface area contributed by atoms with Crippen LogP contribution in [0.5, 0.6) is 0 Å². The molecule has 1 amide bonds. The third kappa shape index (κ3) is 2.55. The van der Waals surface area contributed by atoms with Crippen LogP contribution in [-0.2, 0) is 0 Å².